The van der Waals surface area contributed by atoms with Gasteiger partial charge in [-0.3, -0.25) is 13.5 Å². The number of rotatable bonds is 8. The zero-order valence-electron chi connectivity index (χ0n) is 16.8. The van der Waals surface area contributed by atoms with E-state index in [1.807, 2.05) is 22.2 Å². The zero-order valence-corrected chi connectivity index (χ0v) is 19.2. The molecule has 1 amide bonds. The zero-order chi connectivity index (χ0) is 22.7. The summed E-state index contributed by atoms with van der Waals surface area (Å²) in [5.41, 5.74) is 1.35. The number of fused-ring (bicyclic) bond motifs is 1. The Morgan fingerprint density at radius 2 is 2.03 bits per heavy atom. The molecular formula is C22H19ClN4O3S2. The Hall–Kier alpha value is -3.14. The van der Waals surface area contributed by atoms with Crippen LogP contribution < -0.4 is 9.62 Å². The van der Waals surface area contributed by atoms with Crippen molar-refractivity contribution >= 4 is 49.5 Å². The van der Waals surface area contributed by atoms with Gasteiger partial charge in [0.05, 0.1) is 29.5 Å². The minimum absolute atomic E-state index is 0.0286. The van der Waals surface area contributed by atoms with Crippen LogP contribution in [0.5, 0.6) is 0 Å². The van der Waals surface area contributed by atoms with Crippen LogP contribution in [0.2, 0.25) is 5.02 Å². The Balaban J connectivity index is 1.59. The molecule has 0 aliphatic carbocycles. The van der Waals surface area contributed by atoms with Crippen LogP contribution >= 0.6 is 22.9 Å². The maximum atomic E-state index is 13.4. The van der Waals surface area contributed by atoms with Gasteiger partial charge in [-0.15, -0.1) is 17.9 Å². The van der Waals surface area contributed by atoms with E-state index in [9.17, 15) is 13.2 Å². The van der Waals surface area contributed by atoms with E-state index in [1.54, 1.807) is 30.3 Å². The van der Waals surface area contributed by atoms with Crippen molar-refractivity contribution in [1.82, 2.24) is 14.7 Å². The second kappa shape index (κ2) is 9.15. The third kappa shape index (κ3) is 4.40. The fourth-order valence-corrected chi connectivity index (χ4v) is 5.81. The first-order valence-electron chi connectivity index (χ1n) is 9.57. The highest BCUT2D eigenvalue weighted by Crippen LogP contribution is 2.29. The number of para-hydroxylation sites is 1. The average molecular weight is 487 g/mol. The van der Waals surface area contributed by atoms with Gasteiger partial charge in [0.2, 0.25) is 0 Å². The number of thiazole rings is 1. The number of carbonyl (C=O) groups is 1. The van der Waals surface area contributed by atoms with E-state index in [0.717, 1.165) is 4.96 Å². The van der Waals surface area contributed by atoms with Crippen LogP contribution in [0.4, 0.5) is 5.69 Å². The number of anilines is 1. The molecule has 164 valence electrons. The van der Waals surface area contributed by atoms with E-state index in [2.05, 4.69) is 16.9 Å². The maximum absolute atomic E-state index is 13.4. The molecule has 4 aromatic rings. The molecule has 32 heavy (non-hydrogen) atoms. The predicted octanol–water partition coefficient (Wildman–Crippen LogP) is 4.36. The first-order valence-corrected chi connectivity index (χ1v) is 12.3. The standard InChI is InChI=1S/C22H19ClN4O3S2/c1-2-10-27(18-6-4-3-5-7-18)32(29,30)20-13-16(8-9-19(20)23)21(28)24-14-17-15-26-11-12-31-22(26)25-17/h2-9,11-13,15H,1,10,14H2,(H,24,28). The van der Waals surface area contributed by atoms with Gasteiger partial charge in [-0.05, 0) is 30.3 Å². The average Bonchev–Trinajstić information content (AvgIpc) is 3.38. The largest absolute Gasteiger partial charge is 0.346 e. The topological polar surface area (TPSA) is 83.8 Å². The minimum atomic E-state index is -4.04. The van der Waals surface area contributed by atoms with Crippen LogP contribution in [0.3, 0.4) is 0 Å². The van der Waals surface area contributed by atoms with Crippen LogP contribution in [0.1, 0.15) is 16.1 Å². The number of amides is 1. The molecule has 2 heterocycles. The van der Waals surface area contributed by atoms with E-state index in [0.29, 0.717) is 11.4 Å². The summed E-state index contributed by atoms with van der Waals surface area (Å²) in [6.45, 7) is 3.92. The summed E-state index contributed by atoms with van der Waals surface area (Å²) < 4.78 is 29.9. The Morgan fingerprint density at radius 3 is 2.75 bits per heavy atom. The van der Waals surface area contributed by atoms with Crippen molar-refractivity contribution in [3.63, 3.8) is 0 Å². The van der Waals surface area contributed by atoms with E-state index in [4.69, 9.17) is 11.6 Å². The molecule has 0 radical (unpaired) electrons. The summed E-state index contributed by atoms with van der Waals surface area (Å²) in [4.78, 5) is 17.8. The van der Waals surface area contributed by atoms with Crippen LogP contribution in [0.15, 0.2) is 83.9 Å². The monoisotopic (exact) mass is 486 g/mol. The molecule has 0 spiro atoms. The number of imidazole rings is 1. The summed E-state index contributed by atoms with van der Waals surface area (Å²) in [6.07, 6.45) is 5.21. The summed E-state index contributed by atoms with van der Waals surface area (Å²) in [7, 11) is -4.04. The van der Waals surface area contributed by atoms with Crippen molar-refractivity contribution in [2.75, 3.05) is 10.8 Å². The fraction of sp³-hybridized carbons (Fsp3) is 0.0909. The van der Waals surface area contributed by atoms with Gasteiger partial charge in [0.15, 0.2) is 4.96 Å². The summed E-state index contributed by atoms with van der Waals surface area (Å²) >= 11 is 7.74. The smallest absolute Gasteiger partial charge is 0.266 e. The lowest BCUT2D eigenvalue weighted by atomic mass is 10.2. The van der Waals surface area contributed by atoms with Crippen molar-refractivity contribution in [2.24, 2.45) is 0 Å². The molecule has 0 fully saturated rings. The van der Waals surface area contributed by atoms with Gasteiger partial charge >= 0.3 is 0 Å². The number of aromatic nitrogens is 2. The Labute approximate surface area is 194 Å². The van der Waals surface area contributed by atoms with Crippen LogP contribution in [-0.4, -0.2) is 30.3 Å². The SMILES string of the molecule is C=CCN(c1ccccc1)S(=O)(=O)c1cc(C(=O)NCc2cn3ccsc3n2)ccc1Cl. The van der Waals surface area contributed by atoms with E-state index in [1.165, 1.54) is 39.9 Å². The Bertz CT molecular complexity index is 1350. The molecule has 0 saturated heterocycles. The number of hydrogen-bond acceptors (Lipinski definition) is 5. The molecule has 0 aliphatic heterocycles. The minimum Gasteiger partial charge on any atom is -0.346 e. The number of nitrogens with zero attached hydrogens (tertiary/aromatic N) is 3. The number of halogens is 1. The first-order chi connectivity index (χ1) is 15.4. The highest BCUT2D eigenvalue weighted by molar-refractivity contribution is 7.93. The molecule has 0 saturated carbocycles. The van der Waals surface area contributed by atoms with Crippen LogP contribution in [0.25, 0.3) is 4.96 Å². The molecule has 7 nitrogen and oxygen atoms in total. The van der Waals surface area contributed by atoms with Crippen molar-refractivity contribution in [1.29, 1.82) is 0 Å². The lowest BCUT2D eigenvalue weighted by Crippen LogP contribution is -2.31. The summed E-state index contributed by atoms with van der Waals surface area (Å²) in [5, 5.41) is 4.72. The second-order valence-electron chi connectivity index (χ2n) is 6.81. The molecule has 0 unspecified atom stereocenters. The number of nitrogens with one attached hydrogen (secondary N) is 1. The molecule has 0 atom stereocenters. The van der Waals surface area contributed by atoms with Crippen molar-refractivity contribution in [2.45, 2.75) is 11.4 Å². The third-order valence-electron chi connectivity index (χ3n) is 4.67. The Morgan fingerprint density at radius 1 is 1.25 bits per heavy atom. The number of hydrogen-bond donors (Lipinski definition) is 1. The number of carbonyl (C=O) groups excluding carboxylic acids is 1. The summed E-state index contributed by atoms with van der Waals surface area (Å²) in [6, 6.07) is 12.8. The second-order valence-corrected chi connectivity index (χ2v) is 9.92. The van der Waals surface area contributed by atoms with E-state index in [-0.39, 0.29) is 28.6 Å². The van der Waals surface area contributed by atoms with Gasteiger partial charge in [0, 0.05) is 23.3 Å². The predicted molar refractivity (Wildman–Crippen MR) is 127 cm³/mol. The molecule has 0 aliphatic rings. The highest BCUT2D eigenvalue weighted by Gasteiger charge is 2.27. The van der Waals surface area contributed by atoms with Crippen molar-refractivity contribution in [3.05, 3.63) is 95.2 Å². The van der Waals surface area contributed by atoms with E-state index >= 15 is 0 Å². The molecule has 2 aromatic heterocycles. The maximum Gasteiger partial charge on any atom is 0.266 e. The van der Waals surface area contributed by atoms with Gasteiger partial charge in [-0.2, -0.15) is 0 Å². The lowest BCUT2D eigenvalue weighted by Gasteiger charge is -2.24. The number of benzene rings is 2. The van der Waals surface area contributed by atoms with Crippen LogP contribution in [-0.2, 0) is 16.6 Å². The summed E-state index contributed by atoms with van der Waals surface area (Å²) in [5.74, 6) is -0.426. The molecule has 1 N–H and O–H groups in total. The van der Waals surface area contributed by atoms with Gasteiger partial charge in [-0.25, -0.2) is 13.4 Å². The van der Waals surface area contributed by atoms with Crippen molar-refractivity contribution in [3.8, 4) is 0 Å². The van der Waals surface area contributed by atoms with Crippen LogP contribution in [0, 0.1) is 0 Å². The molecular weight excluding hydrogens is 468 g/mol. The number of sulfonamides is 1. The quantitative estimate of drug-likeness (QED) is 0.375. The normalized spacial score (nSPS) is 11.4. The molecule has 10 heteroatoms. The highest BCUT2D eigenvalue weighted by atomic mass is 35.5. The Kier molecular flexibility index (Phi) is 6.31. The first kappa shape index (κ1) is 22.1. The van der Waals surface area contributed by atoms with Gasteiger partial charge in [0.1, 0.15) is 4.90 Å². The van der Waals surface area contributed by atoms with Gasteiger partial charge in [0.25, 0.3) is 15.9 Å². The fourth-order valence-electron chi connectivity index (χ4n) is 3.15. The molecule has 4 rings (SSSR count). The van der Waals surface area contributed by atoms with Gasteiger partial charge in [-0.1, -0.05) is 35.9 Å². The molecule has 2 aromatic carbocycles. The van der Waals surface area contributed by atoms with E-state index < -0.39 is 15.9 Å². The third-order valence-corrected chi connectivity index (χ3v) is 7.72. The van der Waals surface area contributed by atoms with Gasteiger partial charge < -0.3 is 5.32 Å². The lowest BCUT2D eigenvalue weighted by molar-refractivity contribution is 0.0950. The molecule has 0 bridgehead atoms. The van der Waals surface area contributed by atoms with Crippen molar-refractivity contribution < 1.29 is 13.2 Å².